The summed E-state index contributed by atoms with van der Waals surface area (Å²) in [5.41, 5.74) is 4.35. The second-order valence-electron chi connectivity index (χ2n) is 5.18. The van der Waals surface area contributed by atoms with E-state index < -0.39 is 0 Å². The van der Waals surface area contributed by atoms with Gasteiger partial charge in [-0.15, -0.1) is 0 Å². The zero-order chi connectivity index (χ0) is 16.6. The van der Waals surface area contributed by atoms with Crippen LogP contribution >= 0.6 is 47.8 Å². The van der Waals surface area contributed by atoms with Crippen molar-refractivity contribution < 1.29 is 9.47 Å². The molecule has 0 saturated heterocycles. The number of methoxy groups -OCH3 is 2. The molecule has 0 amide bonds. The summed E-state index contributed by atoms with van der Waals surface area (Å²) in [4.78, 5) is 0.212. The summed E-state index contributed by atoms with van der Waals surface area (Å²) in [6, 6.07) is 12.2. The van der Waals surface area contributed by atoms with E-state index in [2.05, 4.69) is 66.0 Å². The van der Waals surface area contributed by atoms with Crippen molar-refractivity contribution in [1.29, 1.82) is 0 Å². The van der Waals surface area contributed by atoms with Gasteiger partial charge in [0.05, 0.1) is 23.9 Å². The van der Waals surface area contributed by atoms with Gasteiger partial charge in [-0.2, -0.15) is 0 Å². The molecule has 0 radical (unpaired) electrons. The Morgan fingerprint density at radius 2 is 1.43 bits per heavy atom. The van der Waals surface area contributed by atoms with Crippen LogP contribution in [0.2, 0.25) is 0 Å². The fourth-order valence-electron chi connectivity index (χ4n) is 2.85. The first-order valence-corrected chi connectivity index (χ1v) is 9.70. The largest absolute Gasteiger partial charge is 0.496 e. The topological polar surface area (TPSA) is 18.5 Å². The maximum Gasteiger partial charge on any atom is 0.127 e. The summed E-state index contributed by atoms with van der Waals surface area (Å²) in [7, 11) is 3.39. The molecule has 0 aliphatic heterocycles. The molecule has 1 aliphatic rings. The Balaban J connectivity index is 2.45. The van der Waals surface area contributed by atoms with Crippen LogP contribution in [0.1, 0.15) is 16.0 Å². The standard InChI is InChI=1S/C18H15Br3O2/c1-22-13-7-3-5-10-9-12(19)18(21)17(20)11-6-4-8-14(23-2)16(11)15(10)13/h3-9,17-18H,1-2H3. The molecule has 2 aromatic carbocycles. The minimum Gasteiger partial charge on any atom is -0.496 e. The van der Waals surface area contributed by atoms with Gasteiger partial charge in [0.15, 0.2) is 0 Å². The van der Waals surface area contributed by atoms with Gasteiger partial charge < -0.3 is 9.47 Å². The number of ether oxygens (including phenoxy) is 2. The summed E-state index contributed by atoms with van der Waals surface area (Å²) in [6.45, 7) is 0. The van der Waals surface area contributed by atoms with Gasteiger partial charge in [-0.1, -0.05) is 72.1 Å². The number of allylic oxidation sites excluding steroid dienone is 1. The van der Waals surface area contributed by atoms with Gasteiger partial charge >= 0.3 is 0 Å². The van der Waals surface area contributed by atoms with Crippen molar-refractivity contribution in [1.82, 2.24) is 0 Å². The smallest absolute Gasteiger partial charge is 0.127 e. The highest BCUT2D eigenvalue weighted by atomic mass is 79.9. The molecule has 0 saturated carbocycles. The summed E-state index contributed by atoms with van der Waals surface area (Å²) in [6.07, 6.45) is 2.13. The molecular formula is C18H15Br3O2. The van der Waals surface area contributed by atoms with Crippen molar-refractivity contribution in [2.24, 2.45) is 0 Å². The quantitative estimate of drug-likeness (QED) is 0.447. The lowest BCUT2D eigenvalue weighted by Gasteiger charge is -2.26. The van der Waals surface area contributed by atoms with Crippen molar-refractivity contribution in [2.45, 2.75) is 9.65 Å². The molecule has 23 heavy (non-hydrogen) atoms. The first kappa shape index (κ1) is 17.1. The Kier molecular flexibility index (Phi) is 5.19. The molecule has 5 heteroatoms. The molecule has 2 unspecified atom stereocenters. The molecule has 2 atom stereocenters. The highest BCUT2D eigenvalue weighted by molar-refractivity contribution is 9.14. The lowest BCUT2D eigenvalue weighted by molar-refractivity contribution is 0.410. The summed E-state index contributed by atoms with van der Waals surface area (Å²) >= 11 is 11.3. The van der Waals surface area contributed by atoms with E-state index >= 15 is 0 Å². The van der Waals surface area contributed by atoms with Gasteiger partial charge in [-0.05, 0) is 29.3 Å². The average molecular weight is 503 g/mol. The van der Waals surface area contributed by atoms with E-state index in [4.69, 9.17) is 9.47 Å². The highest BCUT2D eigenvalue weighted by Crippen LogP contribution is 2.50. The minimum atomic E-state index is 0.0938. The molecule has 2 nitrogen and oxygen atoms in total. The normalized spacial score (nSPS) is 19.8. The molecule has 0 spiro atoms. The SMILES string of the molecule is COc1cccc2c1-c1c(OC)cccc1C(Br)C(Br)C(Br)=C2. The van der Waals surface area contributed by atoms with Crippen LogP contribution in [0.5, 0.6) is 11.5 Å². The van der Waals surface area contributed by atoms with E-state index in [-0.39, 0.29) is 9.65 Å². The molecule has 0 N–H and O–H groups in total. The second kappa shape index (κ2) is 6.99. The van der Waals surface area contributed by atoms with E-state index in [9.17, 15) is 0 Å². The monoisotopic (exact) mass is 500 g/mol. The van der Waals surface area contributed by atoms with E-state index in [1.54, 1.807) is 14.2 Å². The fourth-order valence-corrected chi connectivity index (χ4v) is 4.80. The van der Waals surface area contributed by atoms with E-state index in [0.29, 0.717) is 0 Å². The maximum atomic E-state index is 5.65. The van der Waals surface area contributed by atoms with E-state index in [1.807, 2.05) is 24.3 Å². The van der Waals surface area contributed by atoms with Crippen LogP contribution in [-0.2, 0) is 0 Å². The first-order valence-electron chi connectivity index (χ1n) is 7.08. The summed E-state index contributed by atoms with van der Waals surface area (Å²) < 4.78 is 12.4. The predicted octanol–water partition coefficient (Wildman–Crippen LogP) is 6.32. The van der Waals surface area contributed by atoms with Crippen LogP contribution in [0.15, 0.2) is 40.9 Å². The minimum absolute atomic E-state index is 0.0938. The van der Waals surface area contributed by atoms with Crippen molar-refractivity contribution in [3.63, 3.8) is 0 Å². The number of fused-ring (bicyclic) bond motifs is 3. The van der Waals surface area contributed by atoms with Crippen molar-refractivity contribution >= 4 is 53.9 Å². The van der Waals surface area contributed by atoms with Gasteiger partial charge in [0.1, 0.15) is 11.5 Å². The average Bonchev–Trinajstić information content (AvgIpc) is 2.58. The van der Waals surface area contributed by atoms with Crippen LogP contribution in [-0.4, -0.2) is 19.0 Å². The van der Waals surface area contributed by atoms with Gasteiger partial charge in [0.2, 0.25) is 0 Å². The Labute approximate surface area is 161 Å². The zero-order valence-electron chi connectivity index (χ0n) is 12.6. The van der Waals surface area contributed by atoms with Crippen molar-refractivity contribution in [2.75, 3.05) is 14.2 Å². The molecule has 2 aromatic rings. The second-order valence-corrected chi connectivity index (χ2v) is 8.07. The third-order valence-electron chi connectivity index (χ3n) is 3.92. The Hall–Kier alpha value is -0.780. The predicted molar refractivity (Wildman–Crippen MR) is 106 cm³/mol. The molecule has 0 aromatic heterocycles. The molecule has 120 valence electrons. The number of rotatable bonds is 2. The molecule has 0 heterocycles. The fraction of sp³-hybridized carbons (Fsp3) is 0.222. The molecular weight excluding hydrogens is 488 g/mol. The number of alkyl halides is 2. The molecule has 0 bridgehead atoms. The Morgan fingerprint density at radius 3 is 2.09 bits per heavy atom. The van der Waals surface area contributed by atoms with Gasteiger partial charge in [0, 0.05) is 15.6 Å². The van der Waals surface area contributed by atoms with Gasteiger partial charge in [-0.3, -0.25) is 0 Å². The lowest BCUT2D eigenvalue weighted by Crippen LogP contribution is -2.11. The number of hydrogen-bond acceptors (Lipinski definition) is 2. The van der Waals surface area contributed by atoms with Gasteiger partial charge in [0.25, 0.3) is 0 Å². The van der Waals surface area contributed by atoms with Crippen LogP contribution < -0.4 is 9.47 Å². The Bertz CT molecular complexity index is 771. The molecule has 3 rings (SSSR count). The van der Waals surface area contributed by atoms with Crippen LogP contribution in [0, 0.1) is 0 Å². The number of halogens is 3. The van der Waals surface area contributed by atoms with E-state index in [0.717, 1.165) is 38.2 Å². The lowest BCUT2D eigenvalue weighted by atomic mass is 9.89. The summed E-state index contributed by atoms with van der Waals surface area (Å²) in [5.74, 6) is 1.67. The number of hydrogen-bond donors (Lipinski definition) is 0. The third-order valence-corrected chi connectivity index (χ3v) is 8.01. The third kappa shape index (κ3) is 2.99. The highest BCUT2D eigenvalue weighted by Gasteiger charge is 2.29. The van der Waals surface area contributed by atoms with Crippen molar-refractivity contribution in [3.8, 4) is 22.6 Å². The van der Waals surface area contributed by atoms with Crippen LogP contribution in [0.3, 0.4) is 0 Å². The molecule has 0 fully saturated rings. The van der Waals surface area contributed by atoms with E-state index in [1.165, 1.54) is 0 Å². The Morgan fingerprint density at radius 1 is 0.826 bits per heavy atom. The zero-order valence-corrected chi connectivity index (χ0v) is 17.4. The summed E-state index contributed by atoms with van der Waals surface area (Å²) in [5, 5.41) is 0. The van der Waals surface area contributed by atoms with Crippen LogP contribution in [0.4, 0.5) is 0 Å². The van der Waals surface area contributed by atoms with Gasteiger partial charge in [-0.25, -0.2) is 0 Å². The molecule has 1 aliphatic carbocycles. The number of benzene rings is 2. The van der Waals surface area contributed by atoms with Crippen LogP contribution in [0.25, 0.3) is 17.2 Å². The van der Waals surface area contributed by atoms with Crippen molar-refractivity contribution in [3.05, 3.63) is 52.0 Å². The first-order chi connectivity index (χ1) is 11.1. The maximum absolute atomic E-state index is 5.65.